The quantitative estimate of drug-likeness (QED) is 0.885. The van der Waals surface area contributed by atoms with Crippen LogP contribution >= 0.6 is 11.5 Å². The summed E-state index contributed by atoms with van der Waals surface area (Å²) in [6.45, 7) is 1.83. The van der Waals surface area contributed by atoms with Gasteiger partial charge >= 0.3 is 5.97 Å². The van der Waals surface area contributed by atoms with Crippen molar-refractivity contribution in [2.45, 2.75) is 13.5 Å². The summed E-state index contributed by atoms with van der Waals surface area (Å²) in [5.74, 6) is -1.44. The number of aliphatic carboxylic acids is 1. The number of fused-ring (bicyclic) bond motifs is 1. The largest absolute Gasteiger partial charge is 0.481 e. The molecule has 1 heterocycles. The number of hydrogen-bond donors (Lipinski definition) is 1. The molecule has 0 radical (unpaired) electrons. The number of rotatable bonds is 3. The molecule has 0 aliphatic heterocycles. The van der Waals surface area contributed by atoms with Crippen LogP contribution in [0.3, 0.4) is 0 Å². The summed E-state index contributed by atoms with van der Waals surface area (Å²) in [7, 11) is 0. The molecule has 1 N–H and O–H groups in total. The number of nitrogens with zero attached hydrogens (tertiary/aromatic N) is 1. The number of hydrogen-bond acceptors (Lipinski definition) is 3. The van der Waals surface area contributed by atoms with Crippen LogP contribution in [0.5, 0.6) is 0 Å². The first-order valence-corrected chi connectivity index (χ1v) is 5.68. The molecule has 16 heavy (non-hydrogen) atoms. The molecule has 1 aromatic heterocycles. The van der Waals surface area contributed by atoms with Gasteiger partial charge in [0.15, 0.2) is 0 Å². The van der Waals surface area contributed by atoms with Gasteiger partial charge < -0.3 is 5.11 Å². The Kier molecular flexibility index (Phi) is 2.78. The Hall–Kier alpha value is -1.62. The van der Waals surface area contributed by atoms with E-state index in [0.717, 1.165) is 4.70 Å². The van der Waals surface area contributed by atoms with Gasteiger partial charge in [-0.2, -0.15) is 0 Å². The first kappa shape index (κ1) is 10.9. The van der Waals surface area contributed by atoms with Crippen molar-refractivity contribution in [3.05, 3.63) is 34.6 Å². The molecule has 0 amide bonds. The van der Waals surface area contributed by atoms with Crippen LogP contribution in [-0.2, 0) is 11.3 Å². The van der Waals surface area contributed by atoms with Crippen molar-refractivity contribution in [1.29, 1.82) is 0 Å². The average molecular weight is 237 g/mol. The summed E-state index contributed by atoms with van der Waals surface area (Å²) < 4.78 is 2.40. The third-order valence-electron chi connectivity index (χ3n) is 2.41. The Morgan fingerprint density at radius 3 is 2.81 bits per heavy atom. The van der Waals surface area contributed by atoms with Gasteiger partial charge in [0.25, 0.3) is 5.56 Å². The molecule has 0 aliphatic rings. The van der Waals surface area contributed by atoms with Crippen molar-refractivity contribution < 1.29 is 9.90 Å². The maximum Gasteiger partial charge on any atom is 0.308 e. The molecule has 1 unspecified atom stereocenters. The van der Waals surface area contributed by atoms with Gasteiger partial charge in [-0.15, -0.1) is 0 Å². The van der Waals surface area contributed by atoms with Crippen molar-refractivity contribution in [1.82, 2.24) is 3.96 Å². The van der Waals surface area contributed by atoms with Gasteiger partial charge in [0.05, 0.1) is 16.0 Å². The molecule has 0 fully saturated rings. The minimum atomic E-state index is -0.885. The molecule has 0 bridgehead atoms. The minimum Gasteiger partial charge on any atom is -0.481 e. The molecular weight excluding hydrogens is 226 g/mol. The van der Waals surface area contributed by atoms with E-state index in [9.17, 15) is 9.59 Å². The van der Waals surface area contributed by atoms with Crippen molar-refractivity contribution in [2.75, 3.05) is 0 Å². The molecule has 1 atom stereocenters. The van der Waals surface area contributed by atoms with Gasteiger partial charge in [-0.3, -0.25) is 13.5 Å². The summed E-state index contributed by atoms with van der Waals surface area (Å²) >= 11 is 1.31. The SMILES string of the molecule is CC(Cn1sc2ccccc2c1=O)C(=O)O. The molecule has 4 nitrogen and oxygen atoms in total. The van der Waals surface area contributed by atoms with E-state index in [1.807, 2.05) is 12.1 Å². The van der Waals surface area contributed by atoms with Gasteiger partial charge in [0, 0.05) is 6.54 Å². The second kappa shape index (κ2) is 4.09. The highest BCUT2D eigenvalue weighted by Crippen LogP contribution is 2.16. The molecule has 0 spiro atoms. The van der Waals surface area contributed by atoms with Crippen molar-refractivity contribution in [3.63, 3.8) is 0 Å². The van der Waals surface area contributed by atoms with Gasteiger partial charge in [0.1, 0.15) is 0 Å². The van der Waals surface area contributed by atoms with Gasteiger partial charge in [-0.05, 0) is 12.1 Å². The van der Waals surface area contributed by atoms with Crippen LogP contribution in [0.1, 0.15) is 6.92 Å². The van der Waals surface area contributed by atoms with Gasteiger partial charge in [-0.25, -0.2) is 0 Å². The number of carboxylic acids is 1. The fourth-order valence-corrected chi connectivity index (χ4v) is 2.57. The topological polar surface area (TPSA) is 59.3 Å². The van der Waals surface area contributed by atoms with E-state index >= 15 is 0 Å². The first-order chi connectivity index (χ1) is 7.59. The lowest BCUT2D eigenvalue weighted by Crippen LogP contribution is -2.22. The average Bonchev–Trinajstić information content (AvgIpc) is 2.56. The molecule has 0 saturated heterocycles. The summed E-state index contributed by atoms with van der Waals surface area (Å²) in [6, 6.07) is 7.30. The predicted octanol–water partition coefficient (Wildman–Crippen LogP) is 1.78. The summed E-state index contributed by atoms with van der Waals surface area (Å²) in [5.41, 5.74) is -0.103. The molecular formula is C11H11NO3S. The molecule has 84 valence electrons. The van der Waals surface area contributed by atoms with Crippen LogP contribution in [0.2, 0.25) is 0 Å². The summed E-state index contributed by atoms with van der Waals surface area (Å²) in [6.07, 6.45) is 0. The number of carbonyl (C=O) groups is 1. The van der Waals surface area contributed by atoms with E-state index in [1.54, 1.807) is 19.1 Å². The number of aromatic nitrogens is 1. The predicted molar refractivity (Wildman–Crippen MR) is 62.9 cm³/mol. The zero-order valence-electron chi connectivity index (χ0n) is 8.71. The molecule has 1 aromatic carbocycles. The smallest absolute Gasteiger partial charge is 0.308 e. The molecule has 5 heteroatoms. The van der Waals surface area contributed by atoms with Crippen LogP contribution in [0, 0.1) is 5.92 Å². The zero-order chi connectivity index (χ0) is 11.7. The lowest BCUT2D eigenvalue weighted by molar-refractivity contribution is -0.141. The second-order valence-electron chi connectivity index (χ2n) is 3.69. The molecule has 0 saturated carbocycles. The Bertz CT molecular complexity index is 584. The van der Waals surface area contributed by atoms with Crippen LogP contribution in [0.15, 0.2) is 29.1 Å². The molecule has 0 aliphatic carbocycles. The zero-order valence-corrected chi connectivity index (χ0v) is 9.53. The fourth-order valence-electron chi connectivity index (χ4n) is 1.46. The van der Waals surface area contributed by atoms with E-state index in [2.05, 4.69) is 0 Å². The Morgan fingerprint density at radius 1 is 1.50 bits per heavy atom. The number of carboxylic acid groups (broad SMARTS) is 1. The third-order valence-corrected chi connectivity index (χ3v) is 3.50. The minimum absolute atomic E-state index is 0.103. The van der Waals surface area contributed by atoms with E-state index in [0.29, 0.717) is 5.39 Å². The fraction of sp³-hybridized carbons (Fsp3) is 0.273. The van der Waals surface area contributed by atoms with E-state index in [-0.39, 0.29) is 12.1 Å². The van der Waals surface area contributed by atoms with E-state index in [4.69, 9.17) is 5.11 Å². The first-order valence-electron chi connectivity index (χ1n) is 4.91. The standard InChI is InChI=1S/C11H11NO3S/c1-7(11(14)15)6-12-10(13)8-4-2-3-5-9(8)16-12/h2-5,7H,6H2,1H3,(H,14,15). The van der Waals surface area contributed by atoms with E-state index in [1.165, 1.54) is 15.5 Å². The molecule has 2 aromatic rings. The van der Waals surface area contributed by atoms with Crippen molar-refractivity contribution in [2.24, 2.45) is 5.92 Å². The Balaban J connectivity index is 2.42. The summed E-state index contributed by atoms with van der Waals surface area (Å²) in [4.78, 5) is 22.6. The van der Waals surface area contributed by atoms with Crippen molar-refractivity contribution >= 4 is 27.6 Å². The van der Waals surface area contributed by atoms with Gasteiger partial charge in [0.2, 0.25) is 0 Å². The van der Waals surface area contributed by atoms with Crippen molar-refractivity contribution in [3.8, 4) is 0 Å². The van der Waals surface area contributed by atoms with Crippen LogP contribution in [0.25, 0.3) is 10.1 Å². The summed E-state index contributed by atoms with van der Waals surface area (Å²) in [5, 5.41) is 9.46. The highest BCUT2D eigenvalue weighted by Gasteiger charge is 2.14. The number of benzene rings is 1. The maximum atomic E-state index is 11.9. The van der Waals surface area contributed by atoms with Crippen LogP contribution in [-0.4, -0.2) is 15.0 Å². The maximum absolute atomic E-state index is 11.9. The monoisotopic (exact) mass is 237 g/mol. The Morgan fingerprint density at radius 2 is 2.19 bits per heavy atom. The Labute approximate surface area is 95.9 Å². The second-order valence-corrected chi connectivity index (χ2v) is 4.76. The van der Waals surface area contributed by atoms with Gasteiger partial charge in [-0.1, -0.05) is 30.6 Å². The third kappa shape index (κ3) is 1.86. The van der Waals surface area contributed by atoms with E-state index < -0.39 is 11.9 Å². The lowest BCUT2D eigenvalue weighted by atomic mass is 10.2. The highest BCUT2D eigenvalue weighted by atomic mass is 32.1. The normalized spacial score (nSPS) is 12.8. The van der Waals surface area contributed by atoms with Crippen LogP contribution < -0.4 is 5.56 Å². The van der Waals surface area contributed by atoms with Crippen LogP contribution in [0.4, 0.5) is 0 Å². The lowest BCUT2D eigenvalue weighted by Gasteiger charge is -2.04. The molecule has 2 rings (SSSR count). The highest BCUT2D eigenvalue weighted by molar-refractivity contribution is 7.13.